The van der Waals surface area contributed by atoms with E-state index in [0.29, 0.717) is 19.1 Å². The minimum absolute atomic E-state index is 0.0739. The first kappa shape index (κ1) is 14.8. The highest BCUT2D eigenvalue weighted by Gasteiger charge is 2.20. The van der Waals surface area contributed by atoms with Gasteiger partial charge in [0.2, 0.25) is 0 Å². The molecule has 0 amide bonds. The van der Waals surface area contributed by atoms with Gasteiger partial charge in [0.25, 0.3) is 0 Å². The van der Waals surface area contributed by atoms with Crippen molar-refractivity contribution >= 4 is 0 Å². The predicted molar refractivity (Wildman–Crippen MR) is 60.9 cm³/mol. The zero-order valence-electron chi connectivity index (χ0n) is 10.1. The van der Waals surface area contributed by atoms with E-state index in [-0.39, 0.29) is 13.2 Å². The number of rotatable bonds is 9. The van der Waals surface area contributed by atoms with E-state index in [1.54, 1.807) is 6.92 Å². The highest BCUT2D eigenvalue weighted by atomic mass is 16.5. The van der Waals surface area contributed by atoms with Crippen LogP contribution in [0.5, 0.6) is 0 Å². The molecule has 4 heteroatoms. The summed E-state index contributed by atoms with van der Waals surface area (Å²) < 4.78 is 5.40. The molecule has 0 atom stereocenters. The quantitative estimate of drug-likeness (QED) is 0.491. The van der Waals surface area contributed by atoms with Crippen molar-refractivity contribution in [2.75, 3.05) is 33.0 Å². The molecule has 0 fully saturated rings. The summed E-state index contributed by atoms with van der Waals surface area (Å²) in [6, 6.07) is 0. The van der Waals surface area contributed by atoms with Gasteiger partial charge in [-0.2, -0.15) is 0 Å². The lowest BCUT2D eigenvalue weighted by atomic mass is 10.1. The first-order valence-electron chi connectivity index (χ1n) is 5.58. The van der Waals surface area contributed by atoms with Crippen molar-refractivity contribution in [1.82, 2.24) is 5.32 Å². The van der Waals surface area contributed by atoms with Crippen LogP contribution in [0.25, 0.3) is 0 Å². The van der Waals surface area contributed by atoms with E-state index in [4.69, 9.17) is 14.9 Å². The Hall–Kier alpha value is -0.160. The van der Waals surface area contributed by atoms with Crippen LogP contribution < -0.4 is 5.32 Å². The number of hydrogen-bond acceptors (Lipinski definition) is 4. The van der Waals surface area contributed by atoms with Gasteiger partial charge in [0, 0.05) is 13.2 Å². The molecule has 0 aliphatic carbocycles. The highest BCUT2D eigenvalue weighted by molar-refractivity contribution is 4.80. The number of aliphatic hydroxyl groups excluding tert-OH is 2. The topological polar surface area (TPSA) is 61.7 Å². The summed E-state index contributed by atoms with van der Waals surface area (Å²) in [5, 5.41) is 21.1. The molecule has 0 heterocycles. The summed E-state index contributed by atoms with van der Waals surface area (Å²) in [6.45, 7) is 7.99. The molecule has 0 unspecified atom stereocenters. The Balaban J connectivity index is 3.37. The summed E-state index contributed by atoms with van der Waals surface area (Å²) in [5.74, 6) is 0.665. The van der Waals surface area contributed by atoms with E-state index in [1.165, 1.54) is 0 Å². The van der Waals surface area contributed by atoms with Crippen molar-refractivity contribution < 1.29 is 14.9 Å². The van der Waals surface area contributed by atoms with Crippen molar-refractivity contribution in [2.45, 2.75) is 32.7 Å². The van der Waals surface area contributed by atoms with Crippen molar-refractivity contribution in [2.24, 2.45) is 5.92 Å². The molecule has 0 bridgehead atoms. The summed E-state index contributed by atoms with van der Waals surface area (Å²) in [4.78, 5) is 0. The average molecular weight is 219 g/mol. The average Bonchev–Trinajstić information content (AvgIpc) is 2.22. The van der Waals surface area contributed by atoms with Gasteiger partial charge in [-0.15, -0.1) is 0 Å². The lowest BCUT2D eigenvalue weighted by molar-refractivity contribution is 0.0821. The molecular formula is C11H25NO3. The van der Waals surface area contributed by atoms with Crippen molar-refractivity contribution in [1.29, 1.82) is 0 Å². The molecule has 15 heavy (non-hydrogen) atoms. The number of nitrogens with one attached hydrogen (secondary N) is 1. The van der Waals surface area contributed by atoms with Gasteiger partial charge in [0.05, 0.1) is 25.4 Å². The van der Waals surface area contributed by atoms with Gasteiger partial charge in [-0.1, -0.05) is 13.8 Å². The second kappa shape index (κ2) is 8.05. The maximum atomic E-state index is 9.00. The van der Waals surface area contributed by atoms with Crippen LogP contribution in [0.2, 0.25) is 0 Å². The van der Waals surface area contributed by atoms with E-state index in [1.807, 2.05) is 0 Å². The van der Waals surface area contributed by atoms with Crippen LogP contribution in [0.4, 0.5) is 0 Å². The van der Waals surface area contributed by atoms with Gasteiger partial charge in [-0.05, 0) is 19.3 Å². The summed E-state index contributed by atoms with van der Waals surface area (Å²) in [7, 11) is 0. The second-order valence-electron chi connectivity index (χ2n) is 4.60. The maximum Gasteiger partial charge on any atom is 0.0633 e. The minimum atomic E-state index is -0.596. The second-order valence-corrected chi connectivity index (χ2v) is 4.60. The molecular weight excluding hydrogens is 194 g/mol. The van der Waals surface area contributed by atoms with Crippen LogP contribution in [-0.2, 0) is 4.74 Å². The highest BCUT2D eigenvalue weighted by Crippen LogP contribution is 2.00. The third-order valence-corrected chi connectivity index (χ3v) is 2.34. The lowest BCUT2D eigenvalue weighted by Gasteiger charge is -2.26. The molecule has 0 rings (SSSR count). The normalized spacial score (nSPS) is 12.4. The van der Waals surface area contributed by atoms with E-state index in [9.17, 15) is 0 Å². The number of ether oxygens (including phenoxy) is 1. The Morgan fingerprint density at radius 3 is 2.27 bits per heavy atom. The zero-order valence-corrected chi connectivity index (χ0v) is 10.1. The largest absolute Gasteiger partial charge is 0.394 e. The summed E-state index contributed by atoms with van der Waals surface area (Å²) >= 11 is 0. The molecule has 92 valence electrons. The first-order valence-corrected chi connectivity index (χ1v) is 5.58. The van der Waals surface area contributed by atoms with Crippen LogP contribution in [0.3, 0.4) is 0 Å². The van der Waals surface area contributed by atoms with E-state index in [0.717, 1.165) is 13.0 Å². The van der Waals surface area contributed by atoms with Crippen molar-refractivity contribution in [3.8, 4) is 0 Å². The van der Waals surface area contributed by atoms with Crippen molar-refractivity contribution in [3.63, 3.8) is 0 Å². The molecule has 0 radical (unpaired) electrons. The Kier molecular flexibility index (Phi) is 7.96. The van der Waals surface area contributed by atoms with Crippen LogP contribution in [0.1, 0.15) is 27.2 Å². The van der Waals surface area contributed by atoms with Gasteiger partial charge >= 0.3 is 0 Å². The Bertz CT molecular complexity index is 147. The van der Waals surface area contributed by atoms with Gasteiger partial charge < -0.3 is 20.3 Å². The summed E-state index contributed by atoms with van der Waals surface area (Å²) in [5.41, 5.74) is -0.596. The Morgan fingerprint density at radius 1 is 1.20 bits per heavy atom. The number of aliphatic hydroxyl groups is 2. The third kappa shape index (κ3) is 7.73. The van der Waals surface area contributed by atoms with Gasteiger partial charge in [-0.25, -0.2) is 0 Å². The Labute approximate surface area is 92.6 Å². The van der Waals surface area contributed by atoms with Crippen LogP contribution in [0.15, 0.2) is 0 Å². The molecule has 3 N–H and O–H groups in total. The van der Waals surface area contributed by atoms with E-state index >= 15 is 0 Å². The van der Waals surface area contributed by atoms with Gasteiger partial charge in [0.1, 0.15) is 0 Å². The summed E-state index contributed by atoms with van der Waals surface area (Å²) in [6.07, 6.45) is 1.07. The van der Waals surface area contributed by atoms with Crippen molar-refractivity contribution in [3.05, 3.63) is 0 Å². The van der Waals surface area contributed by atoms with Crippen LogP contribution in [0, 0.1) is 5.92 Å². The number of hydrogen-bond donors (Lipinski definition) is 3. The fourth-order valence-corrected chi connectivity index (χ4v) is 1.01. The molecule has 0 saturated heterocycles. The molecule has 0 aromatic carbocycles. The standard InChI is InChI=1S/C11H25NO3/c1-10(2)4-6-15-7-5-12-11(3,8-13)9-14/h10,12-14H,4-9H2,1-3H3. The van der Waals surface area contributed by atoms with E-state index < -0.39 is 5.54 Å². The first-order chi connectivity index (χ1) is 7.04. The van der Waals surface area contributed by atoms with E-state index in [2.05, 4.69) is 19.2 Å². The molecule has 0 aliphatic heterocycles. The predicted octanol–water partition coefficient (Wildman–Crippen LogP) is 0.382. The molecule has 0 aliphatic rings. The SMILES string of the molecule is CC(C)CCOCCNC(C)(CO)CO. The molecule has 0 spiro atoms. The Morgan fingerprint density at radius 2 is 1.80 bits per heavy atom. The monoisotopic (exact) mass is 219 g/mol. The zero-order chi connectivity index (χ0) is 11.7. The molecule has 0 aromatic heterocycles. The maximum absolute atomic E-state index is 9.00. The lowest BCUT2D eigenvalue weighted by Crippen LogP contribution is -2.50. The minimum Gasteiger partial charge on any atom is -0.394 e. The molecule has 4 nitrogen and oxygen atoms in total. The van der Waals surface area contributed by atoms with Gasteiger partial charge in [-0.3, -0.25) is 0 Å². The third-order valence-electron chi connectivity index (χ3n) is 2.34. The fraction of sp³-hybridized carbons (Fsp3) is 1.00. The van der Waals surface area contributed by atoms with Crippen LogP contribution in [-0.4, -0.2) is 48.7 Å². The molecule has 0 saturated carbocycles. The molecule has 0 aromatic rings. The smallest absolute Gasteiger partial charge is 0.0633 e. The van der Waals surface area contributed by atoms with Crippen LogP contribution >= 0.6 is 0 Å². The fourth-order valence-electron chi connectivity index (χ4n) is 1.01. The van der Waals surface area contributed by atoms with Gasteiger partial charge in [0.15, 0.2) is 0 Å².